The normalized spacial score (nSPS) is 15.7. The van der Waals surface area contributed by atoms with E-state index >= 15 is 0 Å². The van der Waals surface area contributed by atoms with Crippen molar-refractivity contribution in [2.75, 3.05) is 13.2 Å². The molecule has 0 bridgehead atoms. The van der Waals surface area contributed by atoms with Crippen molar-refractivity contribution >= 4 is 0 Å². The zero-order chi connectivity index (χ0) is 17.8. The zero-order valence-electron chi connectivity index (χ0n) is 14.2. The van der Waals surface area contributed by atoms with Crippen molar-refractivity contribution in [3.8, 4) is 22.6 Å². The summed E-state index contributed by atoms with van der Waals surface area (Å²) in [7, 11) is 0. The van der Waals surface area contributed by atoms with Crippen LogP contribution in [0, 0.1) is 5.82 Å². The van der Waals surface area contributed by atoms with Crippen LogP contribution in [0.5, 0.6) is 11.5 Å². The highest BCUT2D eigenvalue weighted by molar-refractivity contribution is 5.62. The molecule has 1 unspecified atom stereocenters. The lowest BCUT2D eigenvalue weighted by molar-refractivity contribution is 0.0902. The highest BCUT2D eigenvalue weighted by Crippen LogP contribution is 2.30. The highest BCUT2D eigenvalue weighted by Gasteiger charge is 2.19. The van der Waals surface area contributed by atoms with Gasteiger partial charge in [-0.15, -0.1) is 0 Å². The Kier molecular flexibility index (Phi) is 4.80. The minimum absolute atomic E-state index is 0.0295. The van der Waals surface area contributed by atoms with E-state index in [9.17, 15) is 4.39 Å². The molecule has 0 radical (unpaired) electrons. The Balaban J connectivity index is 1.34. The molecule has 1 N–H and O–H groups in total. The van der Waals surface area contributed by atoms with E-state index in [-0.39, 0.29) is 11.9 Å². The molecule has 2 heterocycles. The average molecular weight is 350 g/mol. The monoisotopic (exact) mass is 350 g/mol. The van der Waals surface area contributed by atoms with Gasteiger partial charge in [-0.05, 0) is 41.5 Å². The van der Waals surface area contributed by atoms with Crippen LogP contribution in [0.2, 0.25) is 0 Å². The Morgan fingerprint density at radius 2 is 1.81 bits per heavy atom. The number of benzene rings is 2. The predicted molar refractivity (Wildman–Crippen MR) is 97.7 cm³/mol. The molecule has 3 aromatic rings. The van der Waals surface area contributed by atoms with E-state index < -0.39 is 0 Å². The van der Waals surface area contributed by atoms with E-state index in [1.54, 1.807) is 18.3 Å². The number of para-hydroxylation sites is 2. The zero-order valence-corrected chi connectivity index (χ0v) is 14.2. The lowest BCUT2D eigenvalue weighted by atomic mass is 10.1. The summed E-state index contributed by atoms with van der Waals surface area (Å²) >= 11 is 0. The first-order valence-electron chi connectivity index (χ1n) is 8.57. The number of fused-ring (bicyclic) bond motifs is 1. The van der Waals surface area contributed by atoms with Crippen molar-refractivity contribution in [3.05, 3.63) is 78.4 Å². The molecule has 1 aromatic heterocycles. The molecule has 0 saturated carbocycles. The van der Waals surface area contributed by atoms with Crippen molar-refractivity contribution in [2.45, 2.75) is 12.6 Å². The summed E-state index contributed by atoms with van der Waals surface area (Å²) in [6, 6.07) is 16.2. The van der Waals surface area contributed by atoms with Gasteiger partial charge in [0.15, 0.2) is 11.5 Å². The van der Waals surface area contributed by atoms with Crippen molar-refractivity contribution in [1.82, 2.24) is 10.3 Å². The van der Waals surface area contributed by atoms with Gasteiger partial charge in [0, 0.05) is 31.0 Å². The Morgan fingerprint density at radius 3 is 2.65 bits per heavy atom. The Morgan fingerprint density at radius 1 is 1.00 bits per heavy atom. The molecule has 1 aliphatic rings. The number of hydrogen-bond acceptors (Lipinski definition) is 4. The molecule has 1 aliphatic heterocycles. The Labute approximate surface area is 151 Å². The fourth-order valence-electron chi connectivity index (χ4n) is 2.93. The Hall–Kier alpha value is -2.92. The number of hydrogen-bond donors (Lipinski definition) is 1. The van der Waals surface area contributed by atoms with Crippen LogP contribution in [0.3, 0.4) is 0 Å². The molecule has 26 heavy (non-hydrogen) atoms. The van der Waals surface area contributed by atoms with Crippen LogP contribution >= 0.6 is 0 Å². The molecule has 5 heteroatoms. The maximum absolute atomic E-state index is 13.1. The molecule has 1 atom stereocenters. The lowest BCUT2D eigenvalue weighted by Crippen LogP contribution is -2.38. The maximum atomic E-state index is 13.1. The average Bonchev–Trinajstić information content (AvgIpc) is 2.69. The van der Waals surface area contributed by atoms with Crippen LogP contribution in [0.4, 0.5) is 4.39 Å². The molecular formula is C21H19FN2O2. The number of pyridine rings is 1. The molecule has 2 aromatic carbocycles. The summed E-state index contributed by atoms with van der Waals surface area (Å²) in [4.78, 5) is 4.29. The van der Waals surface area contributed by atoms with Crippen molar-refractivity contribution in [3.63, 3.8) is 0 Å². The first kappa shape index (κ1) is 16.5. The predicted octanol–water partition coefficient (Wildman–Crippen LogP) is 3.82. The lowest BCUT2D eigenvalue weighted by Gasteiger charge is -2.26. The van der Waals surface area contributed by atoms with Crippen molar-refractivity contribution < 1.29 is 13.9 Å². The summed E-state index contributed by atoms with van der Waals surface area (Å²) < 4.78 is 24.7. The van der Waals surface area contributed by atoms with Gasteiger partial charge in [0.05, 0.1) is 0 Å². The van der Waals surface area contributed by atoms with Gasteiger partial charge in [-0.3, -0.25) is 4.98 Å². The van der Waals surface area contributed by atoms with Crippen LogP contribution < -0.4 is 14.8 Å². The minimum Gasteiger partial charge on any atom is -0.486 e. The van der Waals surface area contributed by atoms with E-state index in [1.165, 1.54) is 12.1 Å². The van der Waals surface area contributed by atoms with Crippen LogP contribution in [-0.2, 0) is 6.54 Å². The van der Waals surface area contributed by atoms with E-state index in [4.69, 9.17) is 9.47 Å². The van der Waals surface area contributed by atoms with Gasteiger partial charge in [0.1, 0.15) is 18.5 Å². The van der Waals surface area contributed by atoms with Crippen LogP contribution in [-0.4, -0.2) is 24.2 Å². The number of ether oxygens (including phenoxy) is 2. The summed E-state index contributed by atoms with van der Waals surface area (Å²) in [5.41, 5.74) is 2.97. The maximum Gasteiger partial charge on any atom is 0.161 e. The summed E-state index contributed by atoms with van der Waals surface area (Å²) in [6.07, 6.45) is 3.58. The van der Waals surface area contributed by atoms with Crippen LogP contribution in [0.25, 0.3) is 11.1 Å². The fraction of sp³-hybridized carbons (Fsp3) is 0.190. The van der Waals surface area contributed by atoms with Gasteiger partial charge in [-0.25, -0.2) is 4.39 Å². The second-order valence-electron chi connectivity index (χ2n) is 6.22. The smallest absolute Gasteiger partial charge is 0.161 e. The molecule has 4 rings (SSSR count). The van der Waals surface area contributed by atoms with Crippen LogP contribution in [0.1, 0.15) is 5.56 Å². The molecule has 132 valence electrons. The SMILES string of the molecule is Fc1ccc(-c2cncc(CNCC3COc4ccccc4O3)c2)cc1. The van der Waals surface area contributed by atoms with Crippen molar-refractivity contribution in [2.24, 2.45) is 0 Å². The third kappa shape index (κ3) is 3.83. The second kappa shape index (κ2) is 7.54. The second-order valence-corrected chi connectivity index (χ2v) is 6.22. The van der Waals surface area contributed by atoms with E-state index in [0.717, 1.165) is 28.2 Å². The molecule has 4 nitrogen and oxygen atoms in total. The number of halogens is 1. The fourth-order valence-corrected chi connectivity index (χ4v) is 2.93. The first-order chi connectivity index (χ1) is 12.8. The minimum atomic E-state index is -0.240. The topological polar surface area (TPSA) is 43.4 Å². The molecule has 0 spiro atoms. The summed E-state index contributed by atoms with van der Waals surface area (Å²) in [5, 5.41) is 3.39. The van der Waals surface area contributed by atoms with Gasteiger partial charge in [-0.2, -0.15) is 0 Å². The molecule has 0 amide bonds. The number of aromatic nitrogens is 1. The molecule has 0 aliphatic carbocycles. The van der Waals surface area contributed by atoms with Gasteiger partial charge in [0.25, 0.3) is 0 Å². The summed E-state index contributed by atoms with van der Waals surface area (Å²) in [5.74, 6) is 1.33. The number of rotatable bonds is 5. The van der Waals surface area contributed by atoms with Gasteiger partial charge >= 0.3 is 0 Å². The van der Waals surface area contributed by atoms with Crippen molar-refractivity contribution in [1.29, 1.82) is 0 Å². The van der Waals surface area contributed by atoms with Gasteiger partial charge in [-0.1, -0.05) is 24.3 Å². The quantitative estimate of drug-likeness (QED) is 0.760. The van der Waals surface area contributed by atoms with E-state index in [0.29, 0.717) is 19.7 Å². The van der Waals surface area contributed by atoms with E-state index in [2.05, 4.69) is 16.4 Å². The largest absolute Gasteiger partial charge is 0.486 e. The standard InChI is InChI=1S/C21H19FN2O2/c22-18-7-5-16(6-8-18)17-9-15(10-23-12-17)11-24-13-19-14-25-20-3-1-2-4-21(20)26-19/h1-10,12,19,24H,11,13-14H2. The third-order valence-electron chi connectivity index (χ3n) is 4.24. The van der Waals surface area contributed by atoms with E-state index in [1.807, 2.05) is 30.5 Å². The number of nitrogens with zero attached hydrogens (tertiary/aromatic N) is 1. The molecule has 0 fully saturated rings. The molecular weight excluding hydrogens is 331 g/mol. The first-order valence-corrected chi connectivity index (χ1v) is 8.57. The Bertz CT molecular complexity index is 883. The highest BCUT2D eigenvalue weighted by atomic mass is 19.1. The van der Waals surface area contributed by atoms with Gasteiger partial charge < -0.3 is 14.8 Å². The third-order valence-corrected chi connectivity index (χ3v) is 4.24. The number of nitrogens with one attached hydrogen (secondary N) is 1. The van der Waals surface area contributed by atoms with Crippen LogP contribution in [0.15, 0.2) is 67.0 Å². The van der Waals surface area contributed by atoms with Gasteiger partial charge in [0.2, 0.25) is 0 Å². The molecule has 0 saturated heterocycles. The summed E-state index contributed by atoms with van der Waals surface area (Å²) in [6.45, 7) is 1.87.